The van der Waals surface area contributed by atoms with E-state index in [2.05, 4.69) is 20.8 Å². The van der Waals surface area contributed by atoms with Crippen LogP contribution in [0.4, 0.5) is 0 Å². The quantitative estimate of drug-likeness (QED) is 0.0427. The van der Waals surface area contributed by atoms with Crippen molar-refractivity contribution in [1.29, 1.82) is 0 Å². The van der Waals surface area contributed by atoms with Gasteiger partial charge in [0.1, 0.15) is 22.5 Å². The van der Waals surface area contributed by atoms with Gasteiger partial charge in [-0.15, -0.1) is 16.9 Å². The Balaban J connectivity index is 1.06. The predicted octanol–water partition coefficient (Wildman–Crippen LogP) is 5.83. The number of fused-ring (bicyclic) bond motifs is 2. The van der Waals surface area contributed by atoms with Gasteiger partial charge in [0.15, 0.2) is 17.5 Å². The smallest absolute Gasteiger partial charge is 0.356 e. The van der Waals surface area contributed by atoms with Crippen molar-refractivity contribution in [2.24, 2.45) is 13.0 Å². The average molecular weight is 932 g/mol. The Kier molecular flexibility index (Phi) is 12.2. The fourth-order valence-corrected chi connectivity index (χ4v) is 11.0. The van der Waals surface area contributed by atoms with E-state index in [1.54, 1.807) is 92.0 Å². The van der Waals surface area contributed by atoms with E-state index in [1.807, 2.05) is 60.7 Å². The molecule has 0 spiro atoms. The Hall–Kier alpha value is -7.63. The van der Waals surface area contributed by atoms with Gasteiger partial charge in [0.05, 0.1) is 18.2 Å². The number of carbonyl (C=O) groups is 6. The molecule has 17 heteroatoms. The van der Waals surface area contributed by atoms with E-state index in [0.29, 0.717) is 27.8 Å². The summed E-state index contributed by atoms with van der Waals surface area (Å²) in [5.74, 6) is -5.79. The number of esters is 2. The zero-order chi connectivity index (χ0) is 46.9. The van der Waals surface area contributed by atoms with Gasteiger partial charge in [-0.25, -0.2) is 9.48 Å². The standard InChI is InChI=1S/C50H41N7O8S2/c1-55-41(52-53-54-55)38-29-67-48-49(30-66,47(63)56(48)39(38)46(62)65-40(31-17-7-3-8-18-31)32-19-9-4-10-20-32)51-42(58)37(45(61)64-2)27-28-50(33-21-11-5-12-22-33,34-23-13-6-14-24-34)57-43(59)35-25-15-16-26-36(35)44(57)60/h3-26,30,37,40,48H,27-29H2,1-2H3,(H,51,58)/t37?,48-,49+/m0/s1. The summed E-state index contributed by atoms with van der Waals surface area (Å²) in [5.41, 5.74) is -0.326. The zero-order valence-electron chi connectivity index (χ0n) is 36.1. The molecule has 1 unspecified atom stereocenters. The number of rotatable bonds is 15. The molecule has 0 saturated carbocycles. The lowest BCUT2D eigenvalue weighted by atomic mass is 9.75. The molecular weight excluding hydrogens is 891 g/mol. The Bertz CT molecular complexity index is 2840. The number of carbonyl (C=O) groups excluding carboxylic acids is 6. The van der Waals surface area contributed by atoms with Gasteiger partial charge < -0.3 is 14.8 Å². The number of tetrazole rings is 1. The molecule has 0 radical (unpaired) electrons. The van der Waals surface area contributed by atoms with Crippen LogP contribution >= 0.6 is 24.0 Å². The van der Waals surface area contributed by atoms with Crippen LogP contribution in [-0.2, 0) is 41.2 Å². The Morgan fingerprint density at radius 2 is 1.34 bits per heavy atom. The number of imide groups is 1. The lowest BCUT2D eigenvalue weighted by molar-refractivity contribution is -0.159. The number of aryl methyl sites for hydroxylation is 1. The van der Waals surface area contributed by atoms with Crippen molar-refractivity contribution in [2.75, 3.05) is 12.9 Å². The third-order valence-corrected chi connectivity index (χ3v) is 14.1. The zero-order valence-corrected chi connectivity index (χ0v) is 37.7. The summed E-state index contributed by atoms with van der Waals surface area (Å²) in [6, 6.07) is 42.7. The molecule has 1 aromatic heterocycles. The summed E-state index contributed by atoms with van der Waals surface area (Å²) >= 11 is 6.74. The summed E-state index contributed by atoms with van der Waals surface area (Å²) < 4.78 is 12.9. The molecule has 3 aliphatic rings. The van der Waals surface area contributed by atoms with Crippen LogP contribution in [0.25, 0.3) is 5.57 Å². The molecule has 1 saturated heterocycles. The molecule has 9 rings (SSSR count). The highest BCUT2D eigenvalue weighted by Gasteiger charge is 2.65. The summed E-state index contributed by atoms with van der Waals surface area (Å²) in [4.78, 5) is 89.5. The van der Waals surface area contributed by atoms with E-state index < -0.39 is 64.0 Å². The molecule has 0 aliphatic carbocycles. The number of β-lactam (4-membered cyclic amide) rings is 1. The maximum Gasteiger partial charge on any atom is 0.356 e. The van der Waals surface area contributed by atoms with Crippen molar-refractivity contribution in [3.05, 3.63) is 190 Å². The third-order valence-electron chi connectivity index (χ3n) is 12.4. The number of benzene rings is 5. The van der Waals surface area contributed by atoms with Crippen molar-refractivity contribution in [1.82, 2.24) is 35.3 Å². The van der Waals surface area contributed by atoms with Crippen molar-refractivity contribution >= 4 is 70.5 Å². The number of thioether (sulfide) groups is 1. The molecule has 336 valence electrons. The van der Waals surface area contributed by atoms with Gasteiger partial charge in [-0.3, -0.25) is 33.8 Å². The molecule has 6 aromatic rings. The minimum Gasteiger partial charge on any atom is -0.468 e. The number of nitrogens with zero attached hydrogens (tertiary/aromatic N) is 6. The van der Waals surface area contributed by atoms with Crippen LogP contribution in [0.5, 0.6) is 0 Å². The molecule has 5 aromatic carbocycles. The highest BCUT2D eigenvalue weighted by Crippen LogP contribution is 2.49. The number of hydrogen-bond donors (Lipinski definition) is 1. The maximum absolute atomic E-state index is 14.8. The van der Waals surface area contributed by atoms with Crippen LogP contribution in [0.3, 0.4) is 0 Å². The summed E-state index contributed by atoms with van der Waals surface area (Å²) in [7, 11) is 2.74. The van der Waals surface area contributed by atoms with Crippen LogP contribution in [-0.4, -0.2) is 94.7 Å². The summed E-state index contributed by atoms with van der Waals surface area (Å²) in [6.07, 6.45) is -1.26. The number of methoxy groups -OCH3 is 1. The first kappa shape index (κ1) is 44.6. The van der Waals surface area contributed by atoms with Gasteiger partial charge >= 0.3 is 11.9 Å². The van der Waals surface area contributed by atoms with Crippen LogP contribution in [0.2, 0.25) is 0 Å². The largest absolute Gasteiger partial charge is 0.468 e. The second kappa shape index (κ2) is 18.3. The molecule has 15 nitrogen and oxygen atoms in total. The number of nitrogens with one attached hydrogen (secondary N) is 1. The number of amides is 4. The minimum absolute atomic E-state index is 0.0899. The van der Waals surface area contributed by atoms with Gasteiger partial charge in [0.25, 0.3) is 17.7 Å². The highest BCUT2D eigenvalue weighted by atomic mass is 32.2. The molecule has 67 heavy (non-hydrogen) atoms. The maximum atomic E-state index is 14.8. The van der Waals surface area contributed by atoms with Crippen molar-refractivity contribution < 1.29 is 38.2 Å². The molecule has 1 fully saturated rings. The highest BCUT2D eigenvalue weighted by molar-refractivity contribution is 8.00. The van der Waals surface area contributed by atoms with Gasteiger partial charge in [-0.1, -0.05) is 146 Å². The van der Waals surface area contributed by atoms with Crippen LogP contribution in [0.1, 0.15) is 67.7 Å². The lowest BCUT2D eigenvalue weighted by Gasteiger charge is -2.55. The van der Waals surface area contributed by atoms with Crippen molar-refractivity contribution in [3.63, 3.8) is 0 Å². The van der Waals surface area contributed by atoms with E-state index in [0.717, 1.165) is 12.5 Å². The number of thiocarbonyl (C=S) groups is 1. The number of ether oxygens (including phenoxy) is 2. The number of aromatic nitrogens is 4. The van der Waals surface area contributed by atoms with Crippen LogP contribution in [0.15, 0.2) is 151 Å². The molecule has 3 atom stereocenters. The molecule has 4 amide bonds. The Labute approximate surface area is 394 Å². The SMILES string of the molecule is COC(=O)C(CCC(c1ccccc1)(c1ccccc1)N1C(=O)c2ccccc2C1=O)C(=O)N[C@]1(C=S)C(=O)N2C(C(=O)OC(c3ccccc3)c3ccccc3)=C(c3nnnn3C)CS[C@H]21. The first-order valence-electron chi connectivity index (χ1n) is 21.2. The van der Waals surface area contributed by atoms with Gasteiger partial charge in [-0.05, 0) is 57.7 Å². The normalized spacial score (nSPS) is 18.2. The minimum atomic E-state index is -1.89. The lowest BCUT2D eigenvalue weighted by Crippen LogP contribution is -2.81. The van der Waals surface area contributed by atoms with Crippen molar-refractivity contribution in [2.45, 2.75) is 35.4 Å². The number of hydrogen-bond acceptors (Lipinski definition) is 13. The van der Waals surface area contributed by atoms with Gasteiger partial charge in [0, 0.05) is 23.7 Å². The molecular formula is C50H41N7O8S2. The Morgan fingerprint density at radius 3 is 1.84 bits per heavy atom. The third kappa shape index (κ3) is 7.59. The van der Waals surface area contributed by atoms with Crippen molar-refractivity contribution in [3.8, 4) is 0 Å². The summed E-state index contributed by atoms with van der Waals surface area (Å²) in [5, 5.41) is 14.8. The molecule has 1 N–H and O–H groups in total. The Morgan fingerprint density at radius 1 is 0.821 bits per heavy atom. The van der Waals surface area contributed by atoms with Crippen LogP contribution in [0, 0.1) is 5.92 Å². The van der Waals surface area contributed by atoms with E-state index in [4.69, 9.17) is 21.7 Å². The van der Waals surface area contributed by atoms with E-state index in [9.17, 15) is 28.8 Å². The predicted molar refractivity (Wildman–Crippen MR) is 250 cm³/mol. The molecule has 0 bridgehead atoms. The molecule has 4 heterocycles. The topological polar surface area (TPSA) is 183 Å². The fraction of sp³-hybridized carbons (Fsp3) is 0.200. The summed E-state index contributed by atoms with van der Waals surface area (Å²) in [6.45, 7) is 0. The second-order valence-electron chi connectivity index (χ2n) is 16.1. The average Bonchev–Trinajstić information content (AvgIpc) is 3.92. The van der Waals surface area contributed by atoms with Gasteiger partial charge in [0.2, 0.25) is 5.91 Å². The van der Waals surface area contributed by atoms with E-state index >= 15 is 0 Å². The van der Waals surface area contributed by atoms with Crippen LogP contribution < -0.4 is 5.32 Å². The fourth-order valence-electron chi connectivity index (χ4n) is 9.16. The van der Waals surface area contributed by atoms with E-state index in [-0.39, 0.29) is 41.2 Å². The first-order valence-corrected chi connectivity index (χ1v) is 22.7. The second-order valence-corrected chi connectivity index (χ2v) is 17.4. The van der Waals surface area contributed by atoms with Gasteiger partial charge in [-0.2, -0.15) is 0 Å². The van der Waals surface area contributed by atoms with E-state index in [1.165, 1.54) is 26.2 Å². The monoisotopic (exact) mass is 931 g/mol. The molecule has 3 aliphatic heterocycles. The first-order chi connectivity index (χ1) is 32.5.